The number of carbonyl (C=O) groups is 2. The molecule has 0 aromatic carbocycles. The van der Waals surface area contributed by atoms with Crippen LogP contribution in [0.25, 0.3) is 0 Å². The Balaban J connectivity index is 1.31. The predicted octanol–water partition coefficient (Wildman–Crippen LogP) is 7.68. The minimum atomic E-state index is -0.843. The average molecular weight is 580 g/mol. The molecule has 0 bridgehead atoms. The van der Waals surface area contributed by atoms with Gasteiger partial charge in [-0.25, -0.2) is 0 Å². The molecule has 3 saturated carbocycles. The number of hydrogen-bond donors (Lipinski definition) is 0. The highest BCUT2D eigenvalue weighted by Gasteiger charge is 2.43. The minimum Gasteiger partial charge on any atom is -0.465 e. The lowest BCUT2D eigenvalue weighted by Gasteiger charge is -2.37. The monoisotopic (exact) mass is 579 g/mol. The average Bonchev–Trinajstić information content (AvgIpc) is 2.99. The molecule has 4 atom stereocenters. The van der Waals surface area contributed by atoms with Gasteiger partial charge in [-0.15, -0.1) is 0 Å². The quantitative estimate of drug-likeness (QED) is 0.0799. The van der Waals surface area contributed by atoms with Crippen LogP contribution in [0.1, 0.15) is 136 Å². The first-order valence-corrected chi connectivity index (χ1v) is 16.9. The van der Waals surface area contributed by atoms with Crippen LogP contribution < -0.4 is 0 Å². The highest BCUT2D eigenvalue weighted by atomic mass is 16.6. The van der Waals surface area contributed by atoms with Crippen molar-refractivity contribution in [3.8, 4) is 0 Å². The highest BCUT2D eigenvalue weighted by Crippen LogP contribution is 2.41. The third-order valence-electron chi connectivity index (χ3n) is 10.2. The summed E-state index contributed by atoms with van der Waals surface area (Å²) in [4.78, 5) is 36.9. The van der Waals surface area contributed by atoms with E-state index < -0.39 is 18.1 Å². The lowest BCUT2D eigenvalue weighted by Crippen LogP contribution is -2.44. The van der Waals surface area contributed by atoms with E-state index in [1.165, 1.54) is 25.7 Å². The van der Waals surface area contributed by atoms with E-state index in [9.17, 15) is 19.7 Å². The Morgan fingerprint density at radius 2 is 1.41 bits per heavy atom. The molecule has 0 N–H and O–H groups in total. The zero-order valence-corrected chi connectivity index (χ0v) is 26.1. The van der Waals surface area contributed by atoms with Gasteiger partial charge in [0.25, 0.3) is 0 Å². The number of carbonyl (C=O) groups excluding carboxylic acids is 2. The Labute approximate surface area is 248 Å². The molecule has 8 heteroatoms. The maximum Gasteiger partial charge on any atom is 0.309 e. The summed E-state index contributed by atoms with van der Waals surface area (Å²) < 4.78 is 17.4. The van der Waals surface area contributed by atoms with Crippen LogP contribution in [-0.4, -0.2) is 48.3 Å². The second kappa shape index (κ2) is 18.1. The lowest BCUT2D eigenvalue weighted by atomic mass is 9.70. The van der Waals surface area contributed by atoms with Gasteiger partial charge >= 0.3 is 11.9 Å². The molecular formula is C33H57NO7. The van der Waals surface area contributed by atoms with Gasteiger partial charge in [0.05, 0.1) is 18.4 Å². The first kappa shape index (κ1) is 33.8. The van der Waals surface area contributed by atoms with E-state index >= 15 is 0 Å². The molecule has 236 valence electrons. The zero-order valence-electron chi connectivity index (χ0n) is 26.1. The molecule has 0 spiro atoms. The maximum atomic E-state index is 13.0. The van der Waals surface area contributed by atoms with Crippen LogP contribution in [0, 0.1) is 39.7 Å². The fourth-order valence-electron chi connectivity index (χ4n) is 7.09. The standard InChI is InChI=1S/C33H57NO7/c1-4-6-7-8-9-10-21-39-32(35)27-13-11-25(12-14-27)26-15-18-29(19-16-26)41-33(36)28-17-20-31(30(22-28)34(37)38)40-23-24(3)5-2/h24-31H,4-23H2,1-3H3. The molecule has 4 unspecified atom stereocenters. The van der Waals surface area contributed by atoms with Crippen molar-refractivity contribution < 1.29 is 28.7 Å². The lowest BCUT2D eigenvalue weighted by molar-refractivity contribution is -0.540. The van der Waals surface area contributed by atoms with Crippen molar-refractivity contribution in [1.29, 1.82) is 0 Å². The Morgan fingerprint density at radius 3 is 2.05 bits per heavy atom. The first-order valence-electron chi connectivity index (χ1n) is 16.9. The van der Waals surface area contributed by atoms with Crippen LogP contribution in [0.5, 0.6) is 0 Å². The van der Waals surface area contributed by atoms with Crippen LogP contribution in [0.15, 0.2) is 0 Å². The summed E-state index contributed by atoms with van der Waals surface area (Å²) in [5.74, 6) is 1.02. The molecule has 3 aliphatic rings. The Bertz CT molecular complexity index is 788. The van der Waals surface area contributed by atoms with Crippen LogP contribution in [0.4, 0.5) is 0 Å². The third kappa shape index (κ3) is 11.1. The SMILES string of the molecule is CCCCCCCCOC(=O)C1CCC(C2CCC(OC(=O)C3CCC(OCC(C)CC)C([N+](=O)[O-])C3)CC2)CC1. The second-order valence-electron chi connectivity index (χ2n) is 13.3. The van der Waals surface area contributed by atoms with E-state index in [1.54, 1.807) is 0 Å². The van der Waals surface area contributed by atoms with Crippen molar-refractivity contribution >= 4 is 11.9 Å². The van der Waals surface area contributed by atoms with E-state index in [4.69, 9.17) is 14.2 Å². The van der Waals surface area contributed by atoms with Gasteiger partial charge < -0.3 is 14.2 Å². The van der Waals surface area contributed by atoms with Gasteiger partial charge in [-0.1, -0.05) is 59.3 Å². The first-order chi connectivity index (χ1) is 19.8. The molecule has 0 heterocycles. The topological polar surface area (TPSA) is 105 Å². The normalized spacial score (nSPS) is 31.2. The van der Waals surface area contributed by atoms with Crippen LogP contribution in [0.2, 0.25) is 0 Å². The van der Waals surface area contributed by atoms with Gasteiger partial charge in [-0.3, -0.25) is 19.7 Å². The molecule has 0 aromatic heterocycles. The maximum absolute atomic E-state index is 13.0. The van der Waals surface area contributed by atoms with Gasteiger partial charge in [-0.05, 0) is 88.4 Å². The Kier molecular flexibility index (Phi) is 14.9. The molecule has 41 heavy (non-hydrogen) atoms. The number of nitrogens with zero attached hydrogens (tertiary/aromatic N) is 1. The number of hydrogen-bond acceptors (Lipinski definition) is 7. The Hall–Kier alpha value is -1.70. The summed E-state index contributed by atoms with van der Waals surface area (Å²) in [5, 5.41) is 11.7. The van der Waals surface area contributed by atoms with E-state index in [0.717, 1.165) is 70.6 Å². The van der Waals surface area contributed by atoms with Gasteiger partial charge in [0.1, 0.15) is 12.2 Å². The van der Waals surface area contributed by atoms with Gasteiger partial charge in [0, 0.05) is 18.0 Å². The number of rotatable bonds is 16. The van der Waals surface area contributed by atoms with Crippen LogP contribution in [-0.2, 0) is 23.8 Å². The fraction of sp³-hybridized carbons (Fsp3) is 0.939. The molecule has 0 aromatic rings. The third-order valence-corrected chi connectivity index (χ3v) is 10.2. The second-order valence-corrected chi connectivity index (χ2v) is 13.3. The molecule has 3 aliphatic carbocycles. The summed E-state index contributed by atoms with van der Waals surface area (Å²) in [6.07, 6.45) is 16.8. The zero-order chi connectivity index (χ0) is 29.6. The molecule has 0 radical (unpaired) electrons. The summed E-state index contributed by atoms with van der Waals surface area (Å²) in [6, 6.07) is -0.843. The molecule has 0 aliphatic heterocycles. The van der Waals surface area contributed by atoms with Crippen molar-refractivity contribution in [3.05, 3.63) is 10.1 Å². The molecule has 3 fully saturated rings. The van der Waals surface area contributed by atoms with Crippen molar-refractivity contribution in [2.45, 2.75) is 155 Å². The minimum absolute atomic E-state index is 0.00283. The smallest absolute Gasteiger partial charge is 0.309 e. The number of unbranched alkanes of at least 4 members (excludes halogenated alkanes) is 5. The summed E-state index contributed by atoms with van der Waals surface area (Å²) >= 11 is 0. The van der Waals surface area contributed by atoms with E-state index in [2.05, 4.69) is 20.8 Å². The highest BCUT2D eigenvalue weighted by molar-refractivity contribution is 5.73. The molecular weight excluding hydrogens is 522 g/mol. The number of nitro groups is 1. The van der Waals surface area contributed by atoms with E-state index in [0.29, 0.717) is 43.8 Å². The molecule has 8 nitrogen and oxygen atoms in total. The summed E-state index contributed by atoms with van der Waals surface area (Å²) in [5.41, 5.74) is 0. The van der Waals surface area contributed by atoms with E-state index in [1.807, 2.05) is 0 Å². The van der Waals surface area contributed by atoms with Gasteiger partial charge in [0.2, 0.25) is 6.04 Å². The van der Waals surface area contributed by atoms with Crippen LogP contribution >= 0.6 is 0 Å². The van der Waals surface area contributed by atoms with Crippen molar-refractivity contribution in [1.82, 2.24) is 0 Å². The van der Waals surface area contributed by atoms with Crippen molar-refractivity contribution in [2.75, 3.05) is 13.2 Å². The Morgan fingerprint density at radius 1 is 0.805 bits per heavy atom. The van der Waals surface area contributed by atoms with E-state index in [-0.39, 0.29) is 35.3 Å². The van der Waals surface area contributed by atoms with Gasteiger partial charge in [0.15, 0.2) is 0 Å². The van der Waals surface area contributed by atoms with Gasteiger partial charge in [-0.2, -0.15) is 0 Å². The predicted molar refractivity (Wildman–Crippen MR) is 159 cm³/mol. The molecule has 3 rings (SSSR count). The van der Waals surface area contributed by atoms with Crippen molar-refractivity contribution in [2.24, 2.45) is 29.6 Å². The number of ether oxygens (including phenoxy) is 3. The summed E-state index contributed by atoms with van der Waals surface area (Å²) in [6.45, 7) is 7.47. The van der Waals surface area contributed by atoms with Crippen LogP contribution in [0.3, 0.4) is 0 Å². The van der Waals surface area contributed by atoms with Crippen molar-refractivity contribution in [3.63, 3.8) is 0 Å². The fourth-order valence-corrected chi connectivity index (χ4v) is 7.09. The molecule has 0 saturated heterocycles. The summed E-state index contributed by atoms with van der Waals surface area (Å²) in [7, 11) is 0. The largest absolute Gasteiger partial charge is 0.465 e. The molecule has 0 amide bonds. The number of esters is 2.